The van der Waals surface area contributed by atoms with Crippen molar-refractivity contribution in [1.29, 1.82) is 0 Å². The number of carbonyl (C=O) groups excluding carboxylic acids is 1. The number of carbonyl (C=O) groups is 1. The van der Waals surface area contributed by atoms with Crippen LogP contribution in [0.4, 0.5) is 0 Å². The number of hydrogen-bond donors (Lipinski definition) is 2. The van der Waals surface area contributed by atoms with Crippen LogP contribution in [0.25, 0.3) is 0 Å². The lowest BCUT2D eigenvalue weighted by atomic mass is 9.87. The van der Waals surface area contributed by atoms with Crippen LogP contribution in [0, 0.1) is 0 Å². The number of piperazine rings is 1. The van der Waals surface area contributed by atoms with Crippen molar-refractivity contribution in [2.45, 2.75) is 56.3 Å². The highest BCUT2D eigenvalue weighted by Gasteiger charge is 2.37. The molecule has 0 atom stereocenters. The Kier molecular flexibility index (Phi) is 5.33. The molecule has 2 N–H and O–H groups in total. The molecule has 22 heavy (non-hydrogen) atoms. The first-order chi connectivity index (χ1) is 10.7. The summed E-state index contributed by atoms with van der Waals surface area (Å²) in [6.45, 7) is 6.89. The summed E-state index contributed by atoms with van der Waals surface area (Å²) in [6.07, 6.45) is 6.06. The number of piperidine rings is 1. The molecular formula is C16H29N4O2. The van der Waals surface area contributed by atoms with Gasteiger partial charge in [0.2, 0.25) is 6.41 Å². The van der Waals surface area contributed by atoms with E-state index in [-0.39, 0.29) is 0 Å². The Balaban J connectivity index is 1.43. The van der Waals surface area contributed by atoms with Crippen molar-refractivity contribution in [3.63, 3.8) is 0 Å². The molecule has 1 amide bonds. The highest BCUT2D eigenvalue weighted by Crippen LogP contribution is 2.30. The molecule has 6 heteroatoms. The van der Waals surface area contributed by atoms with Crippen molar-refractivity contribution in [1.82, 2.24) is 20.4 Å². The maximum atomic E-state index is 12.2. The number of hydrogen-bond acceptors (Lipinski definition) is 4. The van der Waals surface area contributed by atoms with Gasteiger partial charge < -0.3 is 10.6 Å². The first-order valence-electron chi connectivity index (χ1n) is 8.81. The molecule has 0 unspecified atom stereocenters. The molecule has 0 bridgehead atoms. The SMILES string of the molecule is O=CN[C@]1([O])CC[C@@H](N2CCN(C3CCNCC3)CC2)CC1. The summed E-state index contributed by atoms with van der Waals surface area (Å²) in [6, 6.07) is 1.30. The van der Waals surface area contributed by atoms with E-state index >= 15 is 0 Å². The van der Waals surface area contributed by atoms with Gasteiger partial charge in [0.25, 0.3) is 0 Å². The molecule has 0 aromatic carbocycles. The molecule has 1 saturated carbocycles. The van der Waals surface area contributed by atoms with E-state index in [1.54, 1.807) is 0 Å². The highest BCUT2D eigenvalue weighted by atomic mass is 16.3. The first kappa shape index (κ1) is 16.2. The zero-order valence-corrected chi connectivity index (χ0v) is 13.4. The fourth-order valence-electron chi connectivity index (χ4n) is 4.33. The molecular weight excluding hydrogens is 280 g/mol. The maximum Gasteiger partial charge on any atom is 0.209 e. The minimum atomic E-state index is -1.21. The second kappa shape index (κ2) is 7.25. The Morgan fingerprint density at radius 2 is 1.41 bits per heavy atom. The van der Waals surface area contributed by atoms with Crippen molar-refractivity contribution in [2.75, 3.05) is 39.3 Å². The Morgan fingerprint density at radius 3 is 1.91 bits per heavy atom. The van der Waals surface area contributed by atoms with Crippen LogP contribution < -0.4 is 10.6 Å². The van der Waals surface area contributed by atoms with Crippen molar-refractivity contribution in [2.24, 2.45) is 0 Å². The molecule has 6 nitrogen and oxygen atoms in total. The van der Waals surface area contributed by atoms with E-state index in [1.165, 1.54) is 12.8 Å². The van der Waals surface area contributed by atoms with Gasteiger partial charge in [-0.2, -0.15) is 0 Å². The molecule has 1 radical (unpaired) electrons. The molecule has 0 spiro atoms. The average Bonchev–Trinajstić information content (AvgIpc) is 2.57. The zero-order chi connectivity index (χ0) is 15.4. The predicted molar refractivity (Wildman–Crippen MR) is 83.9 cm³/mol. The van der Waals surface area contributed by atoms with Gasteiger partial charge in [-0.3, -0.25) is 14.6 Å². The van der Waals surface area contributed by atoms with Crippen LogP contribution in [0.5, 0.6) is 0 Å². The third kappa shape index (κ3) is 3.79. The summed E-state index contributed by atoms with van der Waals surface area (Å²) in [7, 11) is 0. The quantitative estimate of drug-likeness (QED) is 0.574. The van der Waals surface area contributed by atoms with Gasteiger partial charge in [0.15, 0.2) is 5.72 Å². The summed E-state index contributed by atoms with van der Waals surface area (Å²) in [4.78, 5) is 15.7. The van der Waals surface area contributed by atoms with Crippen LogP contribution in [0.15, 0.2) is 0 Å². The number of nitrogens with zero attached hydrogens (tertiary/aromatic N) is 2. The third-order valence-corrected chi connectivity index (χ3v) is 5.78. The van der Waals surface area contributed by atoms with Gasteiger partial charge in [0, 0.05) is 38.3 Å². The minimum Gasteiger partial charge on any atom is -0.328 e. The van der Waals surface area contributed by atoms with Gasteiger partial charge in [-0.05, 0) is 51.6 Å². The van der Waals surface area contributed by atoms with Crippen molar-refractivity contribution in [3.05, 3.63) is 0 Å². The van der Waals surface area contributed by atoms with Gasteiger partial charge >= 0.3 is 0 Å². The van der Waals surface area contributed by atoms with E-state index in [0.29, 0.717) is 25.3 Å². The third-order valence-electron chi connectivity index (χ3n) is 5.78. The lowest BCUT2D eigenvalue weighted by molar-refractivity contribution is -0.130. The van der Waals surface area contributed by atoms with Crippen molar-refractivity contribution >= 4 is 6.41 Å². The first-order valence-corrected chi connectivity index (χ1v) is 8.81. The summed E-state index contributed by atoms with van der Waals surface area (Å²) < 4.78 is 0. The van der Waals surface area contributed by atoms with Crippen LogP contribution in [-0.4, -0.2) is 73.3 Å². The van der Waals surface area contributed by atoms with E-state index in [0.717, 1.165) is 58.2 Å². The Hall–Kier alpha value is -0.690. The molecule has 1 aliphatic carbocycles. The Morgan fingerprint density at radius 1 is 0.909 bits per heavy atom. The molecule has 3 aliphatic rings. The van der Waals surface area contributed by atoms with Gasteiger partial charge in [-0.25, -0.2) is 5.11 Å². The van der Waals surface area contributed by atoms with E-state index in [9.17, 15) is 9.90 Å². The zero-order valence-electron chi connectivity index (χ0n) is 13.4. The number of nitrogens with one attached hydrogen (secondary N) is 2. The van der Waals surface area contributed by atoms with E-state index < -0.39 is 5.72 Å². The van der Waals surface area contributed by atoms with E-state index in [4.69, 9.17) is 0 Å². The lowest BCUT2D eigenvalue weighted by Gasteiger charge is -2.45. The second-order valence-electron chi connectivity index (χ2n) is 7.04. The molecule has 125 valence electrons. The molecule has 2 saturated heterocycles. The molecule has 0 aromatic rings. The Labute approximate surface area is 133 Å². The van der Waals surface area contributed by atoms with Crippen LogP contribution in [-0.2, 0) is 9.90 Å². The Bertz CT molecular complexity index is 357. The molecule has 2 heterocycles. The average molecular weight is 309 g/mol. The second-order valence-corrected chi connectivity index (χ2v) is 7.04. The predicted octanol–water partition coefficient (Wildman–Crippen LogP) is 0.171. The summed E-state index contributed by atoms with van der Waals surface area (Å²) >= 11 is 0. The number of rotatable bonds is 4. The van der Waals surface area contributed by atoms with Gasteiger partial charge in [0.05, 0.1) is 0 Å². The van der Waals surface area contributed by atoms with Crippen molar-refractivity contribution in [3.8, 4) is 0 Å². The summed E-state index contributed by atoms with van der Waals surface area (Å²) in [5, 5.41) is 18.1. The minimum absolute atomic E-state index is 0.533. The molecule has 2 aliphatic heterocycles. The maximum absolute atomic E-state index is 12.2. The van der Waals surface area contributed by atoms with Crippen molar-refractivity contribution < 1.29 is 9.90 Å². The van der Waals surface area contributed by atoms with Crippen LogP contribution in [0.1, 0.15) is 38.5 Å². The molecule has 3 fully saturated rings. The van der Waals surface area contributed by atoms with Crippen LogP contribution in [0.2, 0.25) is 0 Å². The summed E-state index contributed by atoms with van der Waals surface area (Å²) in [5.41, 5.74) is -1.21. The monoisotopic (exact) mass is 309 g/mol. The normalized spacial score (nSPS) is 36.1. The van der Waals surface area contributed by atoms with Gasteiger partial charge in [-0.1, -0.05) is 0 Å². The molecule has 0 aromatic heterocycles. The topological polar surface area (TPSA) is 67.5 Å². The standard InChI is InChI=1S/C16H29N4O2/c21-13-18-16(22)5-1-14(2-6-16)19-9-11-20(12-10-19)15-3-7-17-8-4-15/h13-15,17H,1-12H2,(H,18,21)/t14-,16+. The van der Waals surface area contributed by atoms with Gasteiger partial charge in [-0.15, -0.1) is 0 Å². The van der Waals surface area contributed by atoms with E-state index in [1.807, 2.05) is 0 Å². The van der Waals surface area contributed by atoms with Gasteiger partial charge in [0.1, 0.15) is 0 Å². The largest absolute Gasteiger partial charge is 0.328 e. The van der Waals surface area contributed by atoms with Crippen LogP contribution >= 0.6 is 0 Å². The number of amides is 1. The smallest absolute Gasteiger partial charge is 0.209 e. The highest BCUT2D eigenvalue weighted by molar-refractivity contribution is 5.47. The fraction of sp³-hybridized carbons (Fsp3) is 0.938. The lowest BCUT2D eigenvalue weighted by Crippen LogP contribution is -2.57. The fourth-order valence-corrected chi connectivity index (χ4v) is 4.33. The molecule has 3 rings (SSSR count). The van der Waals surface area contributed by atoms with Crippen LogP contribution in [0.3, 0.4) is 0 Å². The van der Waals surface area contributed by atoms with E-state index in [2.05, 4.69) is 20.4 Å². The summed E-state index contributed by atoms with van der Waals surface area (Å²) in [5.74, 6) is 0.